The van der Waals surface area contributed by atoms with Crippen LogP contribution >= 0.6 is 0 Å². The van der Waals surface area contributed by atoms with Crippen molar-refractivity contribution in [3.05, 3.63) is 128 Å². The Labute approximate surface area is 202 Å². The Bertz CT molecular complexity index is 1240. The first-order valence-corrected chi connectivity index (χ1v) is 10.1. The summed E-state index contributed by atoms with van der Waals surface area (Å²) in [6.45, 7) is 0. The van der Waals surface area contributed by atoms with Gasteiger partial charge in [0, 0.05) is 17.6 Å². The maximum absolute atomic E-state index is 4.98. The predicted octanol–water partition coefficient (Wildman–Crippen LogP) is 6.88. The van der Waals surface area contributed by atoms with Crippen molar-refractivity contribution in [3.63, 3.8) is 0 Å². The fourth-order valence-electron chi connectivity index (χ4n) is 3.48. The molecule has 32 heavy (non-hydrogen) atoms. The molecule has 3 nitrogen and oxygen atoms in total. The fourth-order valence-corrected chi connectivity index (χ4v) is 3.48. The second-order valence-electron chi connectivity index (χ2n) is 6.99. The van der Waals surface area contributed by atoms with Gasteiger partial charge in [-0.25, -0.2) is 10.5 Å². The monoisotopic (exact) mass is 592 g/mol. The zero-order chi connectivity index (χ0) is 20.9. The summed E-state index contributed by atoms with van der Waals surface area (Å²) in [7, 11) is 0. The summed E-state index contributed by atoms with van der Waals surface area (Å²) in [6.07, 6.45) is 1.79. The number of anilines is 3. The van der Waals surface area contributed by atoms with Crippen molar-refractivity contribution in [2.75, 3.05) is 4.90 Å². The van der Waals surface area contributed by atoms with Crippen molar-refractivity contribution >= 4 is 17.3 Å². The Morgan fingerprint density at radius 2 is 1.31 bits per heavy atom. The van der Waals surface area contributed by atoms with Crippen molar-refractivity contribution in [2.45, 2.75) is 0 Å². The van der Waals surface area contributed by atoms with Gasteiger partial charge >= 0.3 is 21.1 Å². The third-order valence-corrected chi connectivity index (χ3v) is 4.93. The van der Waals surface area contributed by atoms with Crippen molar-refractivity contribution in [1.82, 2.24) is 9.97 Å². The van der Waals surface area contributed by atoms with E-state index in [-0.39, 0.29) is 21.1 Å². The number of benzene rings is 3. The molecule has 5 aromatic rings. The Morgan fingerprint density at radius 1 is 0.594 bits per heavy atom. The smallest absolute Gasteiger partial charge is 0.280 e. The average molecular weight is 593 g/mol. The van der Waals surface area contributed by atoms with Crippen LogP contribution in [0.25, 0.3) is 22.4 Å². The molecular formula is C28H19N3Pt. The predicted molar refractivity (Wildman–Crippen MR) is 125 cm³/mol. The van der Waals surface area contributed by atoms with Gasteiger partial charge in [-0.2, -0.15) is 42.0 Å². The number of hydrogen-bond acceptors (Lipinski definition) is 3. The van der Waals surface area contributed by atoms with Crippen LogP contribution in [-0.4, -0.2) is 9.97 Å². The first-order valence-electron chi connectivity index (χ1n) is 10.1. The molecule has 156 valence electrons. The first kappa shape index (κ1) is 21.7. The summed E-state index contributed by atoms with van der Waals surface area (Å²) in [5, 5.41) is 0. The molecule has 0 fully saturated rings. The molecule has 0 atom stereocenters. The van der Waals surface area contributed by atoms with Gasteiger partial charge in [-0.15, -0.1) is 23.8 Å². The summed E-state index contributed by atoms with van der Waals surface area (Å²) in [5.41, 5.74) is 4.80. The molecule has 0 N–H and O–H groups in total. The van der Waals surface area contributed by atoms with Crippen molar-refractivity contribution in [1.29, 1.82) is 0 Å². The van der Waals surface area contributed by atoms with E-state index < -0.39 is 0 Å². The second-order valence-corrected chi connectivity index (χ2v) is 6.99. The van der Waals surface area contributed by atoms with Gasteiger partial charge in [-0.1, -0.05) is 36.4 Å². The van der Waals surface area contributed by atoms with Crippen LogP contribution in [0.15, 0.2) is 115 Å². The van der Waals surface area contributed by atoms with Gasteiger partial charge in [-0.3, -0.25) is 9.88 Å². The molecule has 5 rings (SSSR count). The van der Waals surface area contributed by atoms with Crippen LogP contribution in [-0.2, 0) is 21.1 Å². The molecule has 3 aromatic carbocycles. The van der Waals surface area contributed by atoms with E-state index in [0.717, 1.165) is 39.7 Å². The quantitative estimate of drug-likeness (QED) is 0.209. The van der Waals surface area contributed by atoms with E-state index in [4.69, 9.17) is 4.98 Å². The summed E-state index contributed by atoms with van der Waals surface area (Å²) < 4.78 is 0. The Morgan fingerprint density at radius 3 is 2.09 bits per heavy atom. The zero-order valence-corrected chi connectivity index (χ0v) is 19.4. The van der Waals surface area contributed by atoms with Crippen LogP contribution < -0.4 is 4.90 Å². The molecular weight excluding hydrogens is 573 g/mol. The minimum absolute atomic E-state index is 0. The zero-order valence-electron chi connectivity index (χ0n) is 17.1. The summed E-state index contributed by atoms with van der Waals surface area (Å²) in [4.78, 5) is 11.6. The third-order valence-electron chi connectivity index (χ3n) is 4.93. The number of rotatable bonds is 5. The summed E-state index contributed by atoms with van der Waals surface area (Å²) in [5.74, 6) is 1.61. The Balaban J connectivity index is 0.00000245. The molecule has 0 saturated heterocycles. The standard InChI is InChI=1S/C28H19N3.Pt/c1-3-11-22(12-4-1)23-13-9-14-24(21-23)26-17-10-19-28(30-26)31(25-15-5-2-6-16-25)27-18-7-8-20-29-27;/h1-11,13-20H;/q-2;+2. The van der Waals surface area contributed by atoms with E-state index in [1.54, 1.807) is 6.20 Å². The van der Waals surface area contributed by atoms with Gasteiger partial charge < -0.3 is 0 Å². The number of pyridine rings is 2. The molecule has 0 aliphatic heterocycles. The molecule has 0 aliphatic carbocycles. The largest absolute Gasteiger partial charge is 2.00 e. The van der Waals surface area contributed by atoms with Gasteiger partial charge in [0.1, 0.15) is 11.6 Å². The van der Waals surface area contributed by atoms with Gasteiger partial charge in [-0.05, 0) is 30.3 Å². The van der Waals surface area contributed by atoms with Gasteiger partial charge in [0.2, 0.25) is 0 Å². The molecule has 2 aromatic heterocycles. The van der Waals surface area contributed by atoms with Crippen molar-refractivity contribution in [3.8, 4) is 22.4 Å². The van der Waals surface area contributed by atoms with E-state index in [2.05, 4.69) is 34.1 Å². The maximum Gasteiger partial charge on any atom is 2.00 e. The molecule has 0 amide bonds. The second kappa shape index (κ2) is 10.2. The number of aromatic nitrogens is 2. The maximum atomic E-state index is 4.98. The fraction of sp³-hybridized carbons (Fsp3) is 0. The van der Waals surface area contributed by atoms with Crippen LogP contribution in [0, 0.1) is 12.1 Å². The van der Waals surface area contributed by atoms with E-state index in [1.165, 1.54) is 0 Å². The molecule has 0 unspecified atom stereocenters. The molecule has 0 spiro atoms. The SMILES string of the molecule is [Pt+2].[c-]1ccccc1-c1[c-]c(-c2cccc(N(c3ccccc3)c3ccccn3)n2)ccc1. The molecule has 0 bridgehead atoms. The van der Waals surface area contributed by atoms with Crippen molar-refractivity contribution in [2.24, 2.45) is 0 Å². The van der Waals surface area contributed by atoms with E-state index in [0.29, 0.717) is 0 Å². The molecule has 0 radical (unpaired) electrons. The average Bonchev–Trinajstić information content (AvgIpc) is 2.86. The third kappa shape index (κ3) is 4.69. The van der Waals surface area contributed by atoms with E-state index >= 15 is 0 Å². The van der Waals surface area contributed by atoms with Crippen molar-refractivity contribution < 1.29 is 21.1 Å². The van der Waals surface area contributed by atoms with Gasteiger partial charge in [0.05, 0.1) is 0 Å². The number of hydrogen-bond donors (Lipinski definition) is 0. The summed E-state index contributed by atoms with van der Waals surface area (Å²) in [6, 6.07) is 42.9. The summed E-state index contributed by atoms with van der Waals surface area (Å²) >= 11 is 0. The number of para-hydroxylation sites is 1. The van der Waals surface area contributed by atoms with Crippen LogP contribution in [0.5, 0.6) is 0 Å². The van der Waals surface area contributed by atoms with E-state index in [9.17, 15) is 0 Å². The molecule has 0 aliphatic rings. The van der Waals surface area contributed by atoms with Crippen LogP contribution in [0.3, 0.4) is 0 Å². The Hall–Kier alpha value is -3.55. The van der Waals surface area contributed by atoms with Gasteiger partial charge in [0.25, 0.3) is 0 Å². The molecule has 0 saturated carbocycles. The minimum Gasteiger partial charge on any atom is -0.280 e. The van der Waals surface area contributed by atoms with Gasteiger partial charge in [0.15, 0.2) is 0 Å². The number of nitrogens with zero attached hydrogens (tertiary/aromatic N) is 3. The Kier molecular flexibility index (Phi) is 6.89. The van der Waals surface area contributed by atoms with E-state index in [1.807, 2.05) is 97.1 Å². The molecule has 4 heteroatoms. The van der Waals surface area contributed by atoms with Crippen LogP contribution in [0.4, 0.5) is 17.3 Å². The molecule has 2 heterocycles. The topological polar surface area (TPSA) is 29.0 Å². The van der Waals surface area contributed by atoms with Crippen LogP contribution in [0.2, 0.25) is 0 Å². The minimum atomic E-state index is 0. The van der Waals surface area contributed by atoms with Crippen LogP contribution in [0.1, 0.15) is 0 Å². The first-order chi connectivity index (χ1) is 15.4. The normalized spacial score (nSPS) is 10.2.